The molecule has 2 rings (SSSR count). The molecule has 0 radical (unpaired) electrons. The van der Waals surface area contributed by atoms with Gasteiger partial charge in [-0.15, -0.1) is 0 Å². The number of hydrogen-bond acceptors (Lipinski definition) is 2. The van der Waals surface area contributed by atoms with E-state index >= 15 is 0 Å². The third-order valence-electron chi connectivity index (χ3n) is 2.90. The second-order valence-corrected chi connectivity index (χ2v) is 4.12. The molecule has 3 nitrogen and oxygen atoms in total. The Bertz CT molecular complexity index is 408. The minimum atomic E-state index is 0.00131. The van der Waals surface area contributed by atoms with Gasteiger partial charge >= 0.3 is 0 Å². The number of benzene rings is 1. The minimum Gasteiger partial charge on any atom is -0.337 e. The van der Waals surface area contributed by atoms with E-state index in [-0.39, 0.29) is 11.8 Å². The molecule has 0 N–H and O–H groups in total. The Morgan fingerprint density at radius 3 is 2.81 bits per heavy atom. The number of hydrogen-bond donors (Lipinski definition) is 0. The molecule has 1 atom stereocenters. The van der Waals surface area contributed by atoms with E-state index in [1.165, 1.54) is 0 Å². The topological polar surface area (TPSA) is 44.1 Å². The van der Waals surface area contributed by atoms with E-state index in [0.717, 1.165) is 5.56 Å². The molecule has 1 unspecified atom stereocenters. The van der Waals surface area contributed by atoms with Crippen LogP contribution in [-0.2, 0) is 11.3 Å². The van der Waals surface area contributed by atoms with Crippen LogP contribution in [0.2, 0.25) is 0 Å². The van der Waals surface area contributed by atoms with Crippen LogP contribution < -0.4 is 0 Å². The predicted molar refractivity (Wildman–Crippen MR) is 60.2 cm³/mol. The lowest BCUT2D eigenvalue weighted by Gasteiger charge is -2.29. The van der Waals surface area contributed by atoms with E-state index in [1.807, 2.05) is 30.3 Å². The van der Waals surface area contributed by atoms with E-state index in [1.54, 1.807) is 4.90 Å². The fraction of sp³-hybridized carbons (Fsp3) is 0.385. The average molecular weight is 214 g/mol. The number of amides is 1. The molecular weight excluding hydrogens is 200 g/mol. The van der Waals surface area contributed by atoms with Gasteiger partial charge in [0.25, 0.3) is 0 Å². The van der Waals surface area contributed by atoms with Crippen LogP contribution in [-0.4, -0.2) is 17.4 Å². The summed E-state index contributed by atoms with van der Waals surface area (Å²) < 4.78 is 0. The lowest BCUT2D eigenvalue weighted by molar-refractivity contribution is -0.134. The van der Waals surface area contributed by atoms with Crippen molar-refractivity contribution < 1.29 is 4.79 Å². The van der Waals surface area contributed by atoms with Gasteiger partial charge in [-0.2, -0.15) is 5.26 Å². The van der Waals surface area contributed by atoms with E-state index in [4.69, 9.17) is 5.26 Å². The summed E-state index contributed by atoms with van der Waals surface area (Å²) in [6, 6.07) is 12.1. The standard InChI is InChI=1S/C13H14N2O/c14-8-12-6-7-13(16)15(10-12)9-11-4-2-1-3-5-11/h1-5,12H,6-7,9-10H2. The molecule has 1 aliphatic heterocycles. The Kier molecular flexibility index (Phi) is 3.21. The molecule has 0 bridgehead atoms. The highest BCUT2D eigenvalue weighted by atomic mass is 16.2. The number of nitriles is 1. The van der Waals surface area contributed by atoms with Crippen LogP contribution in [0, 0.1) is 17.2 Å². The zero-order valence-corrected chi connectivity index (χ0v) is 9.10. The van der Waals surface area contributed by atoms with Crippen molar-refractivity contribution in [2.45, 2.75) is 19.4 Å². The first-order valence-corrected chi connectivity index (χ1v) is 5.51. The van der Waals surface area contributed by atoms with Crippen LogP contribution in [0.5, 0.6) is 0 Å². The summed E-state index contributed by atoms with van der Waals surface area (Å²) in [5.74, 6) is 0.164. The van der Waals surface area contributed by atoms with Crippen molar-refractivity contribution in [3.05, 3.63) is 35.9 Å². The highest BCUT2D eigenvalue weighted by Gasteiger charge is 2.25. The molecule has 82 valence electrons. The van der Waals surface area contributed by atoms with Crippen molar-refractivity contribution in [1.29, 1.82) is 5.26 Å². The first-order chi connectivity index (χ1) is 7.79. The molecule has 1 aromatic carbocycles. The van der Waals surface area contributed by atoms with Gasteiger partial charge in [0.1, 0.15) is 0 Å². The van der Waals surface area contributed by atoms with E-state index in [2.05, 4.69) is 6.07 Å². The fourth-order valence-electron chi connectivity index (χ4n) is 1.98. The smallest absolute Gasteiger partial charge is 0.222 e. The van der Waals surface area contributed by atoms with Gasteiger partial charge in [0.2, 0.25) is 5.91 Å². The molecule has 16 heavy (non-hydrogen) atoms. The fourth-order valence-corrected chi connectivity index (χ4v) is 1.98. The van der Waals surface area contributed by atoms with E-state index in [9.17, 15) is 4.79 Å². The van der Waals surface area contributed by atoms with Crippen molar-refractivity contribution >= 4 is 5.91 Å². The lowest BCUT2D eigenvalue weighted by Crippen LogP contribution is -2.38. The second-order valence-electron chi connectivity index (χ2n) is 4.12. The molecule has 1 saturated heterocycles. The summed E-state index contributed by atoms with van der Waals surface area (Å²) in [6.07, 6.45) is 1.21. The van der Waals surface area contributed by atoms with E-state index < -0.39 is 0 Å². The third kappa shape index (κ3) is 2.40. The van der Waals surface area contributed by atoms with Gasteiger partial charge in [-0.1, -0.05) is 30.3 Å². The van der Waals surface area contributed by atoms with Crippen molar-refractivity contribution in [2.24, 2.45) is 5.92 Å². The van der Waals surface area contributed by atoms with Crippen LogP contribution in [0.1, 0.15) is 18.4 Å². The summed E-state index contributed by atoms with van der Waals surface area (Å²) in [4.78, 5) is 13.5. The monoisotopic (exact) mass is 214 g/mol. The minimum absolute atomic E-state index is 0.00131. The van der Waals surface area contributed by atoms with Crippen molar-refractivity contribution in [2.75, 3.05) is 6.54 Å². The molecule has 0 saturated carbocycles. The maximum Gasteiger partial charge on any atom is 0.222 e. The summed E-state index contributed by atoms with van der Waals surface area (Å²) in [5.41, 5.74) is 1.12. The number of rotatable bonds is 2. The molecule has 1 fully saturated rings. The van der Waals surface area contributed by atoms with Crippen LogP contribution in [0.25, 0.3) is 0 Å². The van der Waals surface area contributed by atoms with E-state index in [0.29, 0.717) is 25.9 Å². The van der Waals surface area contributed by atoms with Gasteiger partial charge in [-0.3, -0.25) is 4.79 Å². The van der Waals surface area contributed by atoms with Crippen molar-refractivity contribution in [3.8, 4) is 6.07 Å². The van der Waals surface area contributed by atoms with Gasteiger partial charge in [-0.05, 0) is 12.0 Å². The third-order valence-corrected chi connectivity index (χ3v) is 2.90. The summed E-state index contributed by atoms with van der Waals surface area (Å²) in [6.45, 7) is 1.20. The second kappa shape index (κ2) is 4.80. The zero-order chi connectivity index (χ0) is 11.4. The summed E-state index contributed by atoms with van der Waals surface area (Å²) in [7, 11) is 0. The first-order valence-electron chi connectivity index (χ1n) is 5.51. The molecule has 0 aliphatic carbocycles. The molecule has 1 aromatic rings. The normalized spacial score (nSPS) is 20.6. The Morgan fingerprint density at radius 1 is 1.38 bits per heavy atom. The first kappa shape index (κ1) is 10.7. The number of piperidine rings is 1. The van der Waals surface area contributed by atoms with Gasteiger partial charge < -0.3 is 4.90 Å². The Balaban J connectivity index is 2.03. The lowest BCUT2D eigenvalue weighted by atomic mass is 9.98. The highest BCUT2D eigenvalue weighted by Crippen LogP contribution is 2.18. The van der Waals surface area contributed by atoms with Gasteiger partial charge in [0, 0.05) is 19.5 Å². The zero-order valence-electron chi connectivity index (χ0n) is 9.10. The van der Waals surface area contributed by atoms with Crippen molar-refractivity contribution in [3.63, 3.8) is 0 Å². The number of nitrogens with zero attached hydrogens (tertiary/aromatic N) is 2. The quantitative estimate of drug-likeness (QED) is 0.755. The molecule has 3 heteroatoms. The summed E-state index contributed by atoms with van der Waals surface area (Å²) in [5, 5.41) is 8.87. The number of carbonyl (C=O) groups is 1. The summed E-state index contributed by atoms with van der Waals surface area (Å²) >= 11 is 0. The molecular formula is C13H14N2O. The molecule has 0 aromatic heterocycles. The van der Waals surface area contributed by atoms with Crippen LogP contribution in [0.15, 0.2) is 30.3 Å². The highest BCUT2D eigenvalue weighted by molar-refractivity contribution is 5.77. The van der Waals surface area contributed by atoms with Gasteiger partial charge in [0.15, 0.2) is 0 Å². The maximum absolute atomic E-state index is 11.7. The SMILES string of the molecule is N#CC1CCC(=O)N(Cc2ccccc2)C1. The van der Waals surface area contributed by atoms with Gasteiger partial charge in [0.05, 0.1) is 12.0 Å². The number of carbonyl (C=O) groups excluding carboxylic acids is 1. The van der Waals surface area contributed by atoms with Crippen LogP contribution in [0.4, 0.5) is 0 Å². The largest absolute Gasteiger partial charge is 0.337 e. The average Bonchev–Trinajstić information content (AvgIpc) is 2.33. The number of likely N-dealkylation sites (tertiary alicyclic amines) is 1. The van der Waals surface area contributed by atoms with Crippen molar-refractivity contribution in [1.82, 2.24) is 4.90 Å². The Hall–Kier alpha value is -1.82. The van der Waals surface area contributed by atoms with Gasteiger partial charge in [-0.25, -0.2) is 0 Å². The molecule has 1 heterocycles. The van der Waals surface area contributed by atoms with Crippen LogP contribution >= 0.6 is 0 Å². The Labute approximate surface area is 95.3 Å². The maximum atomic E-state index is 11.7. The molecule has 0 spiro atoms. The molecule has 1 amide bonds. The van der Waals surface area contributed by atoms with Crippen LogP contribution in [0.3, 0.4) is 0 Å². The Morgan fingerprint density at radius 2 is 2.12 bits per heavy atom. The predicted octanol–water partition coefficient (Wildman–Crippen LogP) is 1.95. The molecule has 1 aliphatic rings.